The molecule has 0 radical (unpaired) electrons. The summed E-state index contributed by atoms with van der Waals surface area (Å²) in [5.41, 5.74) is 2.34. The van der Waals surface area contributed by atoms with Crippen LogP contribution >= 0.6 is 0 Å². The molecule has 0 amide bonds. The molecule has 128 valence electrons. The van der Waals surface area contributed by atoms with Crippen LogP contribution in [0, 0.1) is 17.6 Å². The van der Waals surface area contributed by atoms with Gasteiger partial charge in [-0.2, -0.15) is 0 Å². The SMILES string of the molecule is CC(CCCCC1CCC1)c1ccc(-c2cccc(F)c2F)cc1. The fourth-order valence-electron chi connectivity index (χ4n) is 3.55. The van der Waals surface area contributed by atoms with Crippen LogP contribution < -0.4 is 0 Å². The van der Waals surface area contributed by atoms with Crippen LogP contribution in [0.25, 0.3) is 11.1 Å². The Hall–Kier alpha value is -1.70. The third-order valence-corrected chi connectivity index (χ3v) is 5.47. The third-order valence-electron chi connectivity index (χ3n) is 5.47. The Morgan fingerprint density at radius 2 is 1.75 bits per heavy atom. The van der Waals surface area contributed by atoms with Gasteiger partial charge in [0, 0.05) is 5.56 Å². The molecule has 0 nitrogen and oxygen atoms in total. The molecule has 1 fully saturated rings. The van der Waals surface area contributed by atoms with Gasteiger partial charge < -0.3 is 0 Å². The van der Waals surface area contributed by atoms with E-state index < -0.39 is 11.6 Å². The standard InChI is InChI=1S/C22H26F2/c1-16(6-2-3-7-17-8-4-9-17)18-12-14-19(15-13-18)20-10-5-11-21(23)22(20)24/h5,10-17H,2-4,6-9H2,1H3. The van der Waals surface area contributed by atoms with Crippen molar-refractivity contribution in [2.75, 3.05) is 0 Å². The van der Waals surface area contributed by atoms with Gasteiger partial charge in [0.1, 0.15) is 0 Å². The van der Waals surface area contributed by atoms with Crippen LogP contribution in [0.1, 0.15) is 63.4 Å². The van der Waals surface area contributed by atoms with Gasteiger partial charge >= 0.3 is 0 Å². The lowest BCUT2D eigenvalue weighted by atomic mass is 9.81. The van der Waals surface area contributed by atoms with Gasteiger partial charge in [0.15, 0.2) is 11.6 Å². The number of rotatable bonds is 7. The maximum absolute atomic E-state index is 13.9. The molecule has 0 saturated heterocycles. The minimum absolute atomic E-state index is 0.328. The van der Waals surface area contributed by atoms with Gasteiger partial charge in [-0.1, -0.05) is 81.8 Å². The lowest BCUT2D eigenvalue weighted by molar-refractivity contribution is 0.286. The van der Waals surface area contributed by atoms with E-state index in [1.54, 1.807) is 12.1 Å². The molecular formula is C22H26F2. The Balaban J connectivity index is 1.56. The Morgan fingerprint density at radius 1 is 1.00 bits per heavy atom. The molecule has 0 bridgehead atoms. The van der Waals surface area contributed by atoms with Crippen molar-refractivity contribution in [3.63, 3.8) is 0 Å². The topological polar surface area (TPSA) is 0 Å². The minimum atomic E-state index is -0.795. The van der Waals surface area contributed by atoms with E-state index >= 15 is 0 Å². The Morgan fingerprint density at radius 3 is 2.42 bits per heavy atom. The molecule has 0 aromatic heterocycles. The summed E-state index contributed by atoms with van der Waals surface area (Å²) in [6, 6.07) is 12.2. The highest BCUT2D eigenvalue weighted by Crippen LogP contribution is 2.32. The molecule has 1 unspecified atom stereocenters. The molecule has 2 aromatic rings. The van der Waals surface area contributed by atoms with E-state index in [9.17, 15) is 8.78 Å². The zero-order valence-electron chi connectivity index (χ0n) is 14.4. The molecule has 3 rings (SSSR count). The van der Waals surface area contributed by atoms with Crippen LogP contribution in [0.5, 0.6) is 0 Å². The molecule has 0 heterocycles. The van der Waals surface area contributed by atoms with Gasteiger partial charge in [-0.15, -0.1) is 0 Å². The van der Waals surface area contributed by atoms with Crippen LogP contribution in [0.4, 0.5) is 8.78 Å². The summed E-state index contributed by atoms with van der Waals surface area (Å²) in [5.74, 6) is -0.0516. The number of hydrogen-bond acceptors (Lipinski definition) is 0. The summed E-state index contributed by atoms with van der Waals surface area (Å²) in [7, 11) is 0. The second-order valence-corrected chi connectivity index (χ2v) is 7.21. The molecule has 0 N–H and O–H groups in total. The third kappa shape index (κ3) is 4.03. The zero-order chi connectivity index (χ0) is 16.9. The maximum Gasteiger partial charge on any atom is 0.166 e. The summed E-state index contributed by atoms with van der Waals surface area (Å²) in [4.78, 5) is 0. The minimum Gasteiger partial charge on any atom is -0.204 e. The van der Waals surface area contributed by atoms with Gasteiger partial charge in [0.2, 0.25) is 0 Å². The predicted octanol–water partition coefficient (Wildman–Crippen LogP) is 7.10. The van der Waals surface area contributed by atoms with Crippen LogP contribution in [-0.4, -0.2) is 0 Å². The van der Waals surface area contributed by atoms with E-state index in [2.05, 4.69) is 19.1 Å². The fourth-order valence-corrected chi connectivity index (χ4v) is 3.55. The van der Waals surface area contributed by atoms with Crippen molar-refractivity contribution in [2.24, 2.45) is 5.92 Å². The Labute approximate surface area is 143 Å². The first-order chi connectivity index (χ1) is 11.6. The summed E-state index contributed by atoms with van der Waals surface area (Å²) in [6.45, 7) is 2.25. The zero-order valence-corrected chi connectivity index (χ0v) is 14.4. The number of unbranched alkanes of at least 4 members (excludes halogenated alkanes) is 1. The molecule has 1 aliphatic carbocycles. The summed E-state index contributed by atoms with van der Waals surface area (Å²) < 4.78 is 27.2. The van der Waals surface area contributed by atoms with Crippen molar-refractivity contribution in [2.45, 2.75) is 57.8 Å². The molecule has 0 aliphatic heterocycles. The second-order valence-electron chi connectivity index (χ2n) is 7.21. The summed E-state index contributed by atoms with van der Waals surface area (Å²) in [6.07, 6.45) is 9.51. The average molecular weight is 328 g/mol. The van der Waals surface area contributed by atoms with Crippen LogP contribution in [0.2, 0.25) is 0 Å². The van der Waals surface area contributed by atoms with Gasteiger partial charge in [-0.25, -0.2) is 8.78 Å². The van der Waals surface area contributed by atoms with Gasteiger partial charge in [-0.05, 0) is 35.4 Å². The number of benzene rings is 2. The highest BCUT2D eigenvalue weighted by Gasteiger charge is 2.16. The van der Waals surface area contributed by atoms with Crippen molar-refractivity contribution < 1.29 is 8.78 Å². The summed E-state index contributed by atoms with van der Waals surface area (Å²) >= 11 is 0. The predicted molar refractivity (Wildman–Crippen MR) is 96.0 cm³/mol. The highest BCUT2D eigenvalue weighted by molar-refractivity contribution is 5.64. The normalized spacial score (nSPS) is 16.0. The molecule has 24 heavy (non-hydrogen) atoms. The van der Waals surface area contributed by atoms with Crippen LogP contribution in [0.3, 0.4) is 0 Å². The molecule has 1 atom stereocenters. The van der Waals surface area contributed by atoms with Crippen molar-refractivity contribution >= 4 is 0 Å². The average Bonchev–Trinajstić information content (AvgIpc) is 2.55. The van der Waals surface area contributed by atoms with Crippen molar-refractivity contribution in [3.8, 4) is 11.1 Å². The largest absolute Gasteiger partial charge is 0.204 e. The second kappa shape index (κ2) is 7.92. The van der Waals surface area contributed by atoms with Crippen molar-refractivity contribution in [1.82, 2.24) is 0 Å². The molecular weight excluding hydrogens is 302 g/mol. The van der Waals surface area contributed by atoms with Crippen molar-refractivity contribution in [3.05, 3.63) is 59.7 Å². The van der Waals surface area contributed by atoms with E-state index in [0.717, 1.165) is 17.5 Å². The number of halogens is 2. The quantitative estimate of drug-likeness (QED) is 0.476. The lowest BCUT2D eigenvalue weighted by Crippen LogP contribution is -2.10. The van der Waals surface area contributed by atoms with E-state index in [1.165, 1.54) is 50.5 Å². The fraction of sp³-hybridized carbons (Fsp3) is 0.455. The monoisotopic (exact) mass is 328 g/mol. The van der Waals surface area contributed by atoms with Gasteiger partial charge in [0.25, 0.3) is 0 Å². The van der Waals surface area contributed by atoms with E-state index in [0.29, 0.717) is 11.5 Å². The smallest absolute Gasteiger partial charge is 0.166 e. The maximum atomic E-state index is 13.9. The van der Waals surface area contributed by atoms with E-state index in [-0.39, 0.29) is 0 Å². The van der Waals surface area contributed by atoms with Crippen molar-refractivity contribution in [1.29, 1.82) is 0 Å². The highest BCUT2D eigenvalue weighted by atomic mass is 19.2. The first kappa shape index (κ1) is 17.1. The van der Waals surface area contributed by atoms with Gasteiger partial charge in [-0.3, -0.25) is 0 Å². The Bertz CT molecular complexity index is 656. The lowest BCUT2D eigenvalue weighted by Gasteiger charge is -2.25. The molecule has 1 saturated carbocycles. The summed E-state index contributed by atoms with van der Waals surface area (Å²) in [5, 5.41) is 0. The first-order valence-electron chi connectivity index (χ1n) is 9.19. The Kier molecular flexibility index (Phi) is 5.65. The number of hydrogen-bond donors (Lipinski definition) is 0. The van der Waals surface area contributed by atoms with E-state index in [4.69, 9.17) is 0 Å². The first-order valence-corrected chi connectivity index (χ1v) is 9.19. The van der Waals surface area contributed by atoms with Crippen LogP contribution in [-0.2, 0) is 0 Å². The molecule has 1 aliphatic rings. The molecule has 2 heteroatoms. The van der Waals surface area contributed by atoms with Gasteiger partial charge in [0.05, 0.1) is 0 Å². The van der Waals surface area contributed by atoms with Crippen LogP contribution in [0.15, 0.2) is 42.5 Å². The molecule has 0 spiro atoms. The van der Waals surface area contributed by atoms with E-state index in [1.807, 2.05) is 12.1 Å². The molecule has 2 aromatic carbocycles.